The minimum Gasteiger partial charge on any atom is -0.326 e. The van der Waals surface area contributed by atoms with Crippen LogP contribution >= 0.6 is 0 Å². The number of anilines is 1. The molecule has 3 N–H and O–H groups in total. The summed E-state index contributed by atoms with van der Waals surface area (Å²) in [5, 5.41) is 7.80. The van der Waals surface area contributed by atoms with E-state index in [0.29, 0.717) is 12.1 Å². The standard InChI is InChI=1S/C18H30N2O3S/c1-2-3-4-5-6-7-8-9-10-11-18(21)20-16-12-14-17(15-13-16)24(19,22)23/h12-15H,2-11H2,1H3,(H,20,21)(H2,19,22,23). The van der Waals surface area contributed by atoms with Gasteiger partial charge in [0.15, 0.2) is 0 Å². The SMILES string of the molecule is CCCCCCCCCCCC(=O)Nc1ccc(S(N)(=O)=O)cc1. The Bertz CT molecular complexity index is 583. The lowest BCUT2D eigenvalue weighted by Crippen LogP contribution is -2.13. The van der Waals surface area contributed by atoms with Crippen molar-refractivity contribution in [2.75, 3.05) is 5.32 Å². The van der Waals surface area contributed by atoms with Crippen LogP contribution in [0.2, 0.25) is 0 Å². The van der Waals surface area contributed by atoms with E-state index in [4.69, 9.17) is 5.14 Å². The molecule has 0 aliphatic rings. The Kier molecular flexibility index (Phi) is 9.64. The van der Waals surface area contributed by atoms with Gasteiger partial charge in [0.05, 0.1) is 4.90 Å². The van der Waals surface area contributed by atoms with Crippen LogP contribution in [0.3, 0.4) is 0 Å². The zero-order chi connectivity index (χ0) is 17.8. The molecule has 0 atom stereocenters. The van der Waals surface area contributed by atoms with E-state index in [1.165, 1.54) is 57.1 Å². The second-order valence-electron chi connectivity index (χ2n) is 6.20. The first-order chi connectivity index (χ1) is 11.4. The molecular weight excluding hydrogens is 324 g/mol. The fourth-order valence-corrected chi connectivity index (χ4v) is 3.06. The number of nitrogens with one attached hydrogen (secondary N) is 1. The highest BCUT2D eigenvalue weighted by molar-refractivity contribution is 7.89. The molecule has 0 bridgehead atoms. The number of sulfonamides is 1. The van der Waals surface area contributed by atoms with Crippen LogP contribution in [-0.2, 0) is 14.8 Å². The molecule has 5 nitrogen and oxygen atoms in total. The van der Waals surface area contributed by atoms with Gasteiger partial charge in [-0.05, 0) is 30.7 Å². The molecule has 0 unspecified atom stereocenters. The molecule has 136 valence electrons. The summed E-state index contributed by atoms with van der Waals surface area (Å²) in [6.45, 7) is 2.22. The Balaban J connectivity index is 2.14. The molecule has 0 aromatic heterocycles. The number of nitrogens with two attached hydrogens (primary N) is 1. The highest BCUT2D eigenvalue weighted by atomic mass is 32.2. The van der Waals surface area contributed by atoms with Crippen LogP contribution in [0.1, 0.15) is 71.1 Å². The second-order valence-corrected chi connectivity index (χ2v) is 7.76. The van der Waals surface area contributed by atoms with Crippen LogP contribution in [0.4, 0.5) is 5.69 Å². The van der Waals surface area contributed by atoms with Gasteiger partial charge in [0.25, 0.3) is 0 Å². The molecule has 0 fully saturated rings. The lowest BCUT2D eigenvalue weighted by Gasteiger charge is -2.06. The van der Waals surface area contributed by atoms with Crippen LogP contribution in [0.25, 0.3) is 0 Å². The quantitative estimate of drug-likeness (QED) is 0.551. The summed E-state index contributed by atoms with van der Waals surface area (Å²) in [6, 6.07) is 5.88. The van der Waals surface area contributed by atoms with Crippen LogP contribution < -0.4 is 10.5 Å². The first kappa shape index (κ1) is 20.6. The van der Waals surface area contributed by atoms with Gasteiger partial charge in [-0.3, -0.25) is 4.79 Å². The first-order valence-corrected chi connectivity index (χ1v) is 10.4. The molecule has 0 aliphatic heterocycles. The van der Waals surface area contributed by atoms with E-state index in [1.807, 2.05) is 0 Å². The Hall–Kier alpha value is -1.40. The van der Waals surface area contributed by atoms with Crippen LogP contribution in [0, 0.1) is 0 Å². The maximum absolute atomic E-state index is 11.8. The zero-order valence-corrected chi connectivity index (χ0v) is 15.4. The molecule has 0 saturated carbocycles. The first-order valence-electron chi connectivity index (χ1n) is 8.86. The number of carbonyl (C=O) groups excluding carboxylic acids is 1. The largest absolute Gasteiger partial charge is 0.326 e. The number of amides is 1. The summed E-state index contributed by atoms with van der Waals surface area (Å²) in [5.41, 5.74) is 0.586. The molecule has 1 rings (SSSR count). The number of unbranched alkanes of at least 4 members (excludes halogenated alkanes) is 8. The number of carbonyl (C=O) groups is 1. The fraction of sp³-hybridized carbons (Fsp3) is 0.611. The van der Waals surface area contributed by atoms with Gasteiger partial charge < -0.3 is 5.32 Å². The predicted octanol–water partition coefficient (Wildman–Crippen LogP) is 4.19. The van der Waals surface area contributed by atoms with E-state index in [0.717, 1.165) is 12.8 Å². The fourth-order valence-electron chi connectivity index (χ4n) is 2.55. The van der Waals surface area contributed by atoms with Gasteiger partial charge in [-0.2, -0.15) is 0 Å². The molecule has 0 aliphatic carbocycles. The molecule has 1 aromatic carbocycles. The van der Waals surface area contributed by atoms with E-state index in [-0.39, 0.29) is 10.8 Å². The average molecular weight is 355 g/mol. The molecule has 0 spiro atoms. The van der Waals surface area contributed by atoms with Gasteiger partial charge in [-0.1, -0.05) is 58.3 Å². The van der Waals surface area contributed by atoms with Crippen molar-refractivity contribution in [1.82, 2.24) is 0 Å². The van der Waals surface area contributed by atoms with Crippen molar-refractivity contribution in [2.45, 2.75) is 76.0 Å². The highest BCUT2D eigenvalue weighted by Gasteiger charge is 2.08. The average Bonchev–Trinajstić information content (AvgIpc) is 2.53. The Morgan fingerprint density at radius 3 is 1.92 bits per heavy atom. The number of primary sulfonamides is 1. The molecule has 0 saturated heterocycles. The lowest BCUT2D eigenvalue weighted by atomic mass is 10.1. The molecule has 24 heavy (non-hydrogen) atoms. The van der Waals surface area contributed by atoms with Crippen molar-refractivity contribution in [2.24, 2.45) is 5.14 Å². The number of rotatable bonds is 12. The normalized spacial score (nSPS) is 11.4. The van der Waals surface area contributed by atoms with E-state index >= 15 is 0 Å². The van der Waals surface area contributed by atoms with Gasteiger partial charge in [0.2, 0.25) is 15.9 Å². The topological polar surface area (TPSA) is 89.3 Å². The van der Waals surface area contributed by atoms with Crippen LogP contribution in [0.15, 0.2) is 29.2 Å². The Morgan fingerprint density at radius 2 is 1.42 bits per heavy atom. The van der Waals surface area contributed by atoms with Crippen molar-refractivity contribution < 1.29 is 13.2 Å². The monoisotopic (exact) mass is 354 g/mol. The van der Waals surface area contributed by atoms with E-state index in [9.17, 15) is 13.2 Å². The Labute approximate surface area is 146 Å². The molecule has 1 aromatic rings. The van der Waals surface area contributed by atoms with Gasteiger partial charge in [0, 0.05) is 12.1 Å². The van der Waals surface area contributed by atoms with Crippen molar-refractivity contribution in [3.05, 3.63) is 24.3 Å². The van der Waals surface area contributed by atoms with Crippen molar-refractivity contribution in [3.8, 4) is 0 Å². The molecule has 1 amide bonds. The summed E-state index contributed by atoms with van der Waals surface area (Å²) < 4.78 is 22.3. The smallest absolute Gasteiger partial charge is 0.238 e. The maximum atomic E-state index is 11.8. The lowest BCUT2D eigenvalue weighted by molar-refractivity contribution is -0.116. The number of benzene rings is 1. The second kappa shape index (κ2) is 11.2. The third kappa shape index (κ3) is 9.03. The van der Waals surface area contributed by atoms with Crippen LogP contribution in [0.5, 0.6) is 0 Å². The Morgan fingerprint density at radius 1 is 0.917 bits per heavy atom. The van der Waals surface area contributed by atoms with E-state index in [2.05, 4.69) is 12.2 Å². The summed E-state index contributed by atoms with van der Waals surface area (Å²) in [6.07, 6.45) is 11.4. The maximum Gasteiger partial charge on any atom is 0.238 e. The number of hydrogen-bond acceptors (Lipinski definition) is 3. The zero-order valence-electron chi connectivity index (χ0n) is 14.6. The minimum absolute atomic E-state index is 0.0405. The van der Waals surface area contributed by atoms with Crippen molar-refractivity contribution in [1.29, 1.82) is 0 Å². The van der Waals surface area contributed by atoms with Gasteiger partial charge in [-0.25, -0.2) is 13.6 Å². The van der Waals surface area contributed by atoms with Crippen LogP contribution in [-0.4, -0.2) is 14.3 Å². The molecular formula is C18H30N2O3S. The third-order valence-electron chi connectivity index (χ3n) is 3.97. The summed E-state index contributed by atoms with van der Waals surface area (Å²) >= 11 is 0. The van der Waals surface area contributed by atoms with E-state index in [1.54, 1.807) is 12.1 Å². The van der Waals surface area contributed by atoms with Gasteiger partial charge in [0.1, 0.15) is 0 Å². The minimum atomic E-state index is -3.69. The summed E-state index contributed by atoms with van der Waals surface area (Å²) in [7, 11) is -3.69. The molecule has 0 radical (unpaired) electrons. The van der Waals surface area contributed by atoms with Gasteiger partial charge >= 0.3 is 0 Å². The van der Waals surface area contributed by atoms with Crippen molar-refractivity contribution in [3.63, 3.8) is 0 Å². The number of hydrogen-bond donors (Lipinski definition) is 2. The third-order valence-corrected chi connectivity index (χ3v) is 4.90. The van der Waals surface area contributed by atoms with Crippen molar-refractivity contribution >= 4 is 21.6 Å². The predicted molar refractivity (Wildman–Crippen MR) is 98.3 cm³/mol. The molecule has 0 heterocycles. The molecule has 6 heteroatoms. The summed E-state index contributed by atoms with van der Waals surface area (Å²) in [4.78, 5) is 11.9. The summed E-state index contributed by atoms with van der Waals surface area (Å²) in [5.74, 6) is -0.0405. The van der Waals surface area contributed by atoms with E-state index < -0.39 is 10.0 Å². The highest BCUT2D eigenvalue weighted by Crippen LogP contribution is 2.14. The van der Waals surface area contributed by atoms with Gasteiger partial charge in [-0.15, -0.1) is 0 Å².